The highest BCUT2D eigenvalue weighted by Gasteiger charge is 2.12. The van der Waals surface area contributed by atoms with E-state index in [0.717, 1.165) is 16.9 Å². The van der Waals surface area contributed by atoms with Gasteiger partial charge < -0.3 is 20.3 Å². The molecular formula is C23H32N4O2. The number of ether oxygens (including phenoxy) is 1. The number of carbonyl (C=O) groups excluding carboxylic acids is 1. The number of guanidine groups is 1. The Kier molecular flexibility index (Phi) is 8.52. The number of hydrogen-bond acceptors (Lipinski definition) is 3. The highest BCUT2D eigenvalue weighted by Crippen LogP contribution is 2.17. The number of carbonyl (C=O) groups is 1. The predicted molar refractivity (Wildman–Crippen MR) is 118 cm³/mol. The van der Waals surface area contributed by atoms with Crippen molar-refractivity contribution in [3.63, 3.8) is 0 Å². The van der Waals surface area contributed by atoms with Gasteiger partial charge in [0, 0.05) is 14.1 Å². The van der Waals surface area contributed by atoms with Gasteiger partial charge in [0.15, 0.2) is 5.96 Å². The highest BCUT2D eigenvalue weighted by atomic mass is 16.5. The molecule has 0 bridgehead atoms. The maximum absolute atomic E-state index is 12.0. The van der Waals surface area contributed by atoms with Crippen LogP contribution in [0.2, 0.25) is 0 Å². The molecule has 0 spiro atoms. The van der Waals surface area contributed by atoms with Gasteiger partial charge in [0.1, 0.15) is 18.4 Å². The summed E-state index contributed by atoms with van der Waals surface area (Å²) >= 11 is 0. The van der Waals surface area contributed by atoms with Gasteiger partial charge in [0.05, 0.1) is 12.6 Å². The fraction of sp³-hybridized carbons (Fsp3) is 0.391. The topological polar surface area (TPSA) is 66.0 Å². The van der Waals surface area contributed by atoms with E-state index in [1.165, 1.54) is 4.90 Å². The molecule has 0 heterocycles. The molecule has 29 heavy (non-hydrogen) atoms. The van der Waals surface area contributed by atoms with E-state index in [2.05, 4.69) is 34.7 Å². The first kappa shape index (κ1) is 22.3. The van der Waals surface area contributed by atoms with E-state index in [1.54, 1.807) is 14.1 Å². The monoisotopic (exact) mass is 396 g/mol. The molecule has 6 heteroatoms. The van der Waals surface area contributed by atoms with Crippen molar-refractivity contribution in [2.75, 3.05) is 27.2 Å². The molecule has 2 rings (SSSR count). The van der Waals surface area contributed by atoms with E-state index in [9.17, 15) is 4.79 Å². The van der Waals surface area contributed by atoms with Crippen LogP contribution < -0.4 is 15.4 Å². The third-order valence-electron chi connectivity index (χ3n) is 4.50. The van der Waals surface area contributed by atoms with Crippen LogP contribution in [-0.4, -0.2) is 50.1 Å². The molecule has 0 radical (unpaired) electrons. The first-order chi connectivity index (χ1) is 13.9. The van der Waals surface area contributed by atoms with E-state index in [-0.39, 0.29) is 24.6 Å². The van der Waals surface area contributed by atoms with Gasteiger partial charge in [-0.2, -0.15) is 0 Å². The Bertz CT molecular complexity index is 806. The van der Waals surface area contributed by atoms with Gasteiger partial charge in [-0.15, -0.1) is 0 Å². The summed E-state index contributed by atoms with van der Waals surface area (Å²) in [5.41, 5.74) is 2.24. The molecule has 0 aromatic heterocycles. The Labute approximate surface area is 174 Å². The Morgan fingerprint density at radius 3 is 2.38 bits per heavy atom. The first-order valence-electron chi connectivity index (χ1n) is 9.89. The minimum atomic E-state index is -0.0697. The average Bonchev–Trinajstić information content (AvgIpc) is 2.71. The summed E-state index contributed by atoms with van der Waals surface area (Å²) in [6.07, 6.45) is -0.0697. The van der Waals surface area contributed by atoms with Gasteiger partial charge in [0.25, 0.3) is 0 Å². The normalized spacial score (nSPS) is 13.3. The average molecular weight is 397 g/mol. The van der Waals surface area contributed by atoms with Crippen LogP contribution in [0.1, 0.15) is 31.0 Å². The SMILES string of the molecule is Cc1ccccc1OC(C)CNC(=NCC(=O)N(C)C)NC(C)c1ccccc1. The zero-order valence-electron chi connectivity index (χ0n) is 18.0. The summed E-state index contributed by atoms with van der Waals surface area (Å²) in [6.45, 7) is 6.73. The van der Waals surface area contributed by atoms with E-state index in [4.69, 9.17) is 4.74 Å². The summed E-state index contributed by atoms with van der Waals surface area (Å²) in [7, 11) is 3.45. The van der Waals surface area contributed by atoms with Crippen molar-refractivity contribution in [3.8, 4) is 5.75 Å². The number of rotatable bonds is 8. The summed E-state index contributed by atoms with van der Waals surface area (Å²) in [5, 5.41) is 6.67. The van der Waals surface area contributed by atoms with Gasteiger partial charge in [-0.3, -0.25) is 4.79 Å². The molecule has 0 aliphatic rings. The van der Waals surface area contributed by atoms with Crippen molar-refractivity contribution in [2.45, 2.75) is 32.9 Å². The fourth-order valence-corrected chi connectivity index (χ4v) is 2.66. The van der Waals surface area contributed by atoms with Crippen LogP contribution in [0.15, 0.2) is 59.6 Å². The third kappa shape index (κ3) is 7.49. The van der Waals surface area contributed by atoms with E-state index in [1.807, 2.05) is 56.3 Å². The third-order valence-corrected chi connectivity index (χ3v) is 4.50. The van der Waals surface area contributed by atoms with E-state index >= 15 is 0 Å². The minimum Gasteiger partial charge on any atom is -0.489 e. The predicted octanol–water partition coefficient (Wildman–Crippen LogP) is 3.15. The van der Waals surface area contributed by atoms with Crippen LogP contribution in [0.3, 0.4) is 0 Å². The molecule has 0 saturated carbocycles. The molecule has 0 aliphatic carbocycles. The zero-order chi connectivity index (χ0) is 21.2. The molecule has 156 valence electrons. The van der Waals surface area contributed by atoms with Crippen molar-refractivity contribution in [3.05, 3.63) is 65.7 Å². The van der Waals surface area contributed by atoms with Crippen LogP contribution in [-0.2, 0) is 4.79 Å². The number of nitrogens with zero attached hydrogens (tertiary/aromatic N) is 2. The van der Waals surface area contributed by atoms with Crippen LogP contribution in [0.25, 0.3) is 0 Å². The Morgan fingerprint density at radius 2 is 1.72 bits per heavy atom. The molecule has 0 saturated heterocycles. The van der Waals surface area contributed by atoms with Crippen molar-refractivity contribution < 1.29 is 9.53 Å². The molecule has 2 aromatic rings. The number of benzene rings is 2. The second kappa shape index (κ2) is 11.1. The second-order valence-corrected chi connectivity index (χ2v) is 7.30. The number of aliphatic imine (C=N–C) groups is 1. The number of aryl methyl sites for hydroxylation is 1. The quantitative estimate of drug-likeness (QED) is 0.531. The Balaban J connectivity index is 2.01. The van der Waals surface area contributed by atoms with Crippen molar-refractivity contribution in [1.82, 2.24) is 15.5 Å². The number of amides is 1. The Hall–Kier alpha value is -3.02. The molecule has 2 aromatic carbocycles. The summed E-state index contributed by atoms with van der Waals surface area (Å²) in [6, 6.07) is 18.1. The van der Waals surface area contributed by atoms with Crippen LogP contribution >= 0.6 is 0 Å². The van der Waals surface area contributed by atoms with Gasteiger partial charge in [0.2, 0.25) is 5.91 Å². The summed E-state index contributed by atoms with van der Waals surface area (Å²) in [5.74, 6) is 1.40. The second-order valence-electron chi connectivity index (χ2n) is 7.30. The van der Waals surface area contributed by atoms with Crippen LogP contribution in [0.5, 0.6) is 5.75 Å². The van der Waals surface area contributed by atoms with Gasteiger partial charge in [-0.05, 0) is 38.0 Å². The molecule has 6 nitrogen and oxygen atoms in total. The lowest BCUT2D eigenvalue weighted by molar-refractivity contribution is -0.127. The fourth-order valence-electron chi connectivity index (χ4n) is 2.66. The van der Waals surface area contributed by atoms with E-state index < -0.39 is 0 Å². The number of likely N-dealkylation sites (N-methyl/N-ethyl adjacent to an activating group) is 1. The lowest BCUT2D eigenvalue weighted by Gasteiger charge is -2.22. The highest BCUT2D eigenvalue weighted by molar-refractivity contribution is 5.85. The van der Waals surface area contributed by atoms with E-state index in [0.29, 0.717) is 12.5 Å². The first-order valence-corrected chi connectivity index (χ1v) is 9.89. The Morgan fingerprint density at radius 1 is 1.07 bits per heavy atom. The number of hydrogen-bond donors (Lipinski definition) is 2. The molecule has 1 amide bonds. The van der Waals surface area contributed by atoms with Crippen molar-refractivity contribution in [1.29, 1.82) is 0 Å². The molecule has 0 fully saturated rings. The smallest absolute Gasteiger partial charge is 0.243 e. The molecule has 2 unspecified atom stereocenters. The molecular weight excluding hydrogens is 364 g/mol. The summed E-state index contributed by atoms with van der Waals surface area (Å²) < 4.78 is 6.03. The number of para-hydroxylation sites is 1. The van der Waals surface area contributed by atoms with Gasteiger partial charge in [-0.25, -0.2) is 4.99 Å². The van der Waals surface area contributed by atoms with Gasteiger partial charge >= 0.3 is 0 Å². The number of nitrogens with one attached hydrogen (secondary N) is 2. The molecule has 0 aliphatic heterocycles. The maximum Gasteiger partial charge on any atom is 0.243 e. The standard InChI is InChI=1S/C23H32N4O2/c1-17-11-9-10-14-21(17)29-18(2)15-24-23(25-16-22(28)27(4)5)26-19(3)20-12-7-6-8-13-20/h6-14,18-19H,15-16H2,1-5H3,(H2,24,25,26). The maximum atomic E-state index is 12.0. The zero-order valence-corrected chi connectivity index (χ0v) is 18.0. The van der Waals surface area contributed by atoms with Crippen molar-refractivity contribution in [2.24, 2.45) is 4.99 Å². The van der Waals surface area contributed by atoms with Crippen LogP contribution in [0.4, 0.5) is 0 Å². The van der Waals surface area contributed by atoms with Crippen LogP contribution in [0, 0.1) is 6.92 Å². The van der Waals surface area contributed by atoms with Gasteiger partial charge in [-0.1, -0.05) is 48.5 Å². The lowest BCUT2D eigenvalue weighted by Crippen LogP contribution is -2.43. The largest absolute Gasteiger partial charge is 0.489 e. The molecule has 2 atom stereocenters. The van der Waals surface area contributed by atoms with Crippen molar-refractivity contribution >= 4 is 11.9 Å². The summed E-state index contributed by atoms with van der Waals surface area (Å²) in [4.78, 5) is 17.9. The lowest BCUT2D eigenvalue weighted by atomic mass is 10.1. The molecule has 2 N–H and O–H groups in total. The minimum absolute atomic E-state index is 0.0458.